The van der Waals surface area contributed by atoms with Crippen LogP contribution in [-0.2, 0) is 10.0 Å². The van der Waals surface area contributed by atoms with Gasteiger partial charge in [0.15, 0.2) is 0 Å². The Bertz CT molecular complexity index is 670. The van der Waals surface area contributed by atoms with E-state index in [0.29, 0.717) is 19.0 Å². The zero-order valence-corrected chi connectivity index (χ0v) is 13.0. The second-order valence-corrected chi connectivity index (χ2v) is 7.22. The fourth-order valence-electron chi connectivity index (χ4n) is 2.29. The Morgan fingerprint density at radius 2 is 1.95 bits per heavy atom. The highest BCUT2D eigenvalue weighted by Gasteiger charge is 2.26. The minimum Gasteiger partial charge on any atom is -0.339 e. The van der Waals surface area contributed by atoms with Crippen LogP contribution in [0.15, 0.2) is 17.0 Å². The molecule has 0 aromatic heterocycles. The third kappa shape index (κ3) is 3.53. The molecule has 1 fully saturated rings. The van der Waals surface area contributed by atoms with Gasteiger partial charge in [0.05, 0.1) is 10.6 Å². The highest BCUT2D eigenvalue weighted by atomic mass is 35.5. The van der Waals surface area contributed by atoms with Crippen LogP contribution in [-0.4, -0.2) is 32.3 Å². The predicted octanol–water partition coefficient (Wildman–Crippen LogP) is 2.00. The highest BCUT2D eigenvalue weighted by molar-refractivity contribution is 7.89. The predicted molar refractivity (Wildman–Crippen MR) is 77.1 cm³/mol. The maximum atomic E-state index is 13.6. The van der Waals surface area contributed by atoms with E-state index in [4.69, 9.17) is 16.7 Å². The van der Waals surface area contributed by atoms with Gasteiger partial charge in [-0.25, -0.2) is 17.9 Å². The molecule has 2 rings (SSSR count). The molecule has 0 atom stereocenters. The Labute approximate surface area is 127 Å². The maximum absolute atomic E-state index is 13.6. The van der Waals surface area contributed by atoms with E-state index in [2.05, 4.69) is 6.92 Å². The summed E-state index contributed by atoms with van der Waals surface area (Å²) in [6.45, 7) is 3.24. The van der Waals surface area contributed by atoms with Crippen molar-refractivity contribution in [3.05, 3.63) is 28.5 Å². The largest absolute Gasteiger partial charge is 0.339 e. The first-order chi connectivity index (χ1) is 9.70. The quantitative estimate of drug-likeness (QED) is 0.898. The molecule has 0 bridgehead atoms. The monoisotopic (exact) mass is 334 g/mol. The van der Waals surface area contributed by atoms with E-state index in [1.165, 1.54) is 0 Å². The van der Waals surface area contributed by atoms with Crippen LogP contribution in [0.2, 0.25) is 5.02 Å². The van der Waals surface area contributed by atoms with Gasteiger partial charge < -0.3 is 4.90 Å². The molecule has 1 heterocycles. The summed E-state index contributed by atoms with van der Waals surface area (Å²) < 4.78 is 36.3. The number of nitrogens with two attached hydrogens (primary N) is 1. The van der Waals surface area contributed by atoms with Crippen LogP contribution < -0.4 is 5.14 Å². The lowest BCUT2D eigenvalue weighted by molar-refractivity contribution is 0.0697. The van der Waals surface area contributed by atoms with Gasteiger partial charge in [-0.1, -0.05) is 18.5 Å². The summed E-state index contributed by atoms with van der Waals surface area (Å²) in [7, 11) is -4.25. The first-order valence-electron chi connectivity index (χ1n) is 6.51. The number of carbonyl (C=O) groups excluding carboxylic acids is 1. The average molecular weight is 335 g/mol. The molecule has 8 heteroatoms. The van der Waals surface area contributed by atoms with Gasteiger partial charge in [-0.2, -0.15) is 0 Å². The normalized spacial score (nSPS) is 17.0. The zero-order valence-electron chi connectivity index (χ0n) is 11.5. The lowest BCUT2D eigenvalue weighted by Crippen LogP contribution is -2.38. The van der Waals surface area contributed by atoms with Crippen molar-refractivity contribution in [3.8, 4) is 0 Å². The molecule has 1 aliphatic rings. The standard InChI is InChI=1S/C13H16ClFN2O3S/c1-8-2-4-17(5-3-8)13(18)9-6-12(21(16,19)20)11(15)7-10(9)14/h6-8H,2-5H2,1H3,(H2,16,19,20). The number of hydrogen-bond acceptors (Lipinski definition) is 3. The van der Waals surface area contributed by atoms with Crippen LogP contribution in [0.25, 0.3) is 0 Å². The Morgan fingerprint density at radius 1 is 1.38 bits per heavy atom. The number of benzene rings is 1. The maximum Gasteiger partial charge on any atom is 0.255 e. The molecule has 1 aromatic rings. The highest BCUT2D eigenvalue weighted by Crippen LogP contribution is 2.26. The fourth-order valence-corrected chi connectivity index (χ4v) is 3.14. The van der Waals surface area contributed by atoms with Gasteiger partial charge in [-0.05, 0) is 30.9 Å². The third-order valence-corrected chi connectivity index (χ3v) is 4.87. The summed E-state index contributed by atoms with van der Waals surface area (Å²) in [6.07, 6.45) is 1.74. The second kappa shape index (κ2) is 5.90. The van der Waals surface area contributed by atoms with Crippen molar-refractivity contribution in [3.63, 3.8) is 0 Å². The van der Waals surface area contributed by atoms with Gasteiger partial charge >= 0.3 is 0 Å². The van der Waals surface area contributed by atoms with Crippen LogP contribution in [0.4, 0.5) is 4.39 Å². The number of halogens is 2. The molecule has 1 aliphatic heterocycles. The fraction of sp³-hybridized carbons (Fsp3) is 0.462. The van der Waals surface area contributed by atoms with E-state index in [0.717, 1.165) is 25.0 Å². The van der Waals surface area contributed by atoms with Crippen LogP contribution >= 0.6 is 11.6 Å². The third-order valence-electron chi connectivity index (χ3n) is 3.63. The topological polar surface area (TPSA) is 80.5 Å². The van der Waals surface area contributed by atoms with Crippen molar-refractivity contribution in [2.45, 2.75) is 24.7 Å². The summed E-state index contributed by atoms with van der Waals surface area (Å²) in [5.41, 5.74) is -0.0448. The number of primary sulfonamides is 1. The molecule has 0 aliphatic carbocycles. The number of carbonyl (C=O) groups is 1. The van der Waals surface area contributed by atoms with E-state index in [-0.39, 0.29) is 10.6 Å². The average Bonchev–Trinajstić information content (AvgIpc) is 2.37. The molecule has 0 saturated carbocycles. The SMILES string of the molecule is CC1CCN(C(=O)c2cc(S(N)(=O)=O)c(F)cc2Cl)CC1. The van der Waals surface area contributed by atoms with E-state index in [1.54, 1.807) is 4.90 Å². The molecule has 21 heavy (non-hydrogen) atoms. The lowest BCUT2D eigenvalue weighted by Gasteiger charge is -2.30. The first-order valence-corrected chi connectivity index (χ1v) is 8.43. The van der Waals surface area contributed by atoms with Gasteiger partial charge in [0.2, 0.25) is 10.0 Å². The second-order valence-electron chi connectivity index (χ2n) is 5.28. The van der Waals surface area contributed by atoms with Crippen LogP contribution in [0.5, 0.6) is 0 Å². The summed E-state index contributed by atoms with van der Waals surface area (Å²) >= 11 is 5.87. The zero-order chi connectivity index (χ0) is 15.8. The summed E-state index contributed by atoms with van der Waals surface area (Å²) in [6, 6.07) is 1.72. The van der Waals surface area contributed by atoms with Crippen molar-refractivity contribution < 1.29 is 17.6 Å². The lowest BCUT2D eigenvalue weighted by atomic mass is 9.98. The van der Waals surface area contributed by atoms with Gasteiger partial charge in [0, 0.05) is 13.1 Å². The number of nitrogens with zero attached hydrogens (tertiary/aromatic N) is 1. The molecule has 0 unspecified atom stereocenters. The number of likely N-dealkylation sites (tertiary alicyclic amines) is 1. The van der Waals surface area contributed by atoms with Crippen LogP contribution in [0.1, 0.15) is 30.1 Å². The van der Waals surface area contributed by atoms with Gasteiger partial charge in [-0.3, -0.25) is 4.79 Å². The van der Waals surface area contributed by atoms with Crippen molar-refractivity contribution in [1.82, 2.24) is 4.90 Å². The Morgan fingerprint density at radius 3 is 2.48 bits per heavy atom. The summed E-state index contributed by atoms with van der Waals surface area (Å²) in [4.78, 5) is 13.3. The molecule has 116 valence electrons. The molecule has 1 amide bonds. The van der Waals surface area contributed by atoms with Crippen molar-refractivity contribution in [2.75, 3.05) is 13.1 Å². The number of sulfonamides is 1. The summed E-state index contributed by atoms with van der Waals surface area (Å²) in [5.74, 6) is -0.930. The Kier molecular flexibility index (Phi) is 4.55. The van der Waals surface area contributed by atoms with E-state index < -0.39 is 26.6 Å². The molecular formula is C13H16ClFN2O3S. The Balaban J connectivity index is 2.37. The number of piperidine rings is 1. The minimum atomic E-state index is -4.25. The van der Waals surface area contributed by atoms with Crippen molar-refractivity contribution in [1.29, 1.82) is 0 Å². The van der Waals surface area contributed by atoms with Gasteiger partial charge in [0.25, 0.3) is 5.91 Å². The Hall–Kier alpha value is -1.18. The van der Waals surface area contributed by atoms with Crippen LogP contribution in [0, 0.1) is 11.7 Å². The number of hydrogen-bond donors (Lipinski definition) is 1. The number of rotatable bonds is 2. The molecular weight excluding hydrogens is 319 g/mol. The van der Waals surface area contributed by atoms with Crippen molar-refractivity contribution in [2.24, 2.45) is 11.1 Å². The molecule has 2 N–H and O–H groups in total. The minimum absolute atomic E-state index is 0.0448. The summed E-state index contributed by atoms with van der Waals surface area (Å²) in [5, 5.41) is 4.82. The van der Waals surface area contributed by atoms with Crippen molar-refractivity contribution >= 4 is 27.5 Å². The molecule has 1 saturated heterocycles. The van der Waals surface area contributed by atoms with E-state index in [1.807, 2.05) is 0 Å². The number of amides is 1. The first kappa shape index (κ1) is 16.2. The van der Waals surface area contributed by atoms with Crippen LogP contribution in [0.3, 0.4) is 0 Å². The molecule has 0 spiro atoms. The van der Waals surface area contributed by atoms with Gasteiger partial charge in [0.1, 0.15) is 10.7 Å². The molecule has 5 nitrogen and oxygen atoms in total. The smallest absolute Gasteiger partial charge is 0.255 e. The van der Waals surface area contributed by atoms with E-state index >= 15 is 0 Å². The van der Waals surface area contributed by atoms with Gasteiger partial charge in [-0.15, -0.1) is 0 Å². The van der Waals surface area contributed by atoms with E-state index in [9.17, 15) is 17.6 Å². The molecule has 1 aromatic carbocycles. The molecule has 0 radical (unpaired) electrons.